The summed E-state index contributed by atoms with van der Waals surface area (Å²) in [5.74, 6) is 2.21. The van der Waals surface area contributed by atoms with Crippen LogP contribution in [0.3, 0.4) is 0 Å². The fourth-order valence-corrected chi connectivity index (χ4v) is 5.29. The Morgan fingerprint density at radius 1 is 1.14 bits per heavy atom. The predicted octanol–water partition coefficient (Wildman–Crippen LogP) is 3.91. The maximum Gasteiger partial charge on any atom is 0.407 e. The number of anilines is 2. The second kappa shape index (κ2) is 9.87. The molecule has 0 radical (unpaired) electrons. The number of nitrogens with one attached hydrogen (secondary N) is 2. The van der Waals surface area contributed by atoms with Gasteiger partial charge in [0.05, 0.1) is 5.52 Å². The van der Waals surface area contributed by atoms with Crippen molar-refractivity contribution < 1.29 is 14.7 Å². The summed E-state index contributed by atoms with van der Waals surface area (Å²) in [5.41, 5.74) is 2.09. The van der Waals surface area contributed by atoms with E-state index in [1.54, 1.807) is 7.05 Å². The van der Waals surface area contributed by atoms with Gasteiger partial charge in [0.15, 0.2) is 0 Å². The molecule has 4 rings (SSSR count). The number of carbonyl (C=O) groups excluding carboxylic acids is 1. The Balaban J connectivity index is 1.66. The van der Waals surface area contributed by atoms with E-state index in [4.69, 9.17) is 9.97 Å². The van der Waals surface area contributed by atoms with Gasteiger partial charge in [-0.3, -0.25) is 4.79 Å². The lowest BCUT2D eigenvalue weighted by atomic mass is 9.79. The number of hydrogen-bond acceptors (Lipinski definition) is 6. The first-order valence-electron chi connectivity index (χ1n) is 12.6. The van der Waals surface area contributed by atoms with E-state index in [1.807, 2.05) is 0 Å². The average Bonchev–Trinajstić information content (AvgIpc) is 3.23. The molecule has 3 N–H and O–H groups in total. The van der Waals surface area contributed by atoms with Crippen LogP contribution in [0, 0.1) is 11.3 Å². The normalized spacial score (nSPS) is 17.8. The molecule has 3 heterocycles. The molecule has 2 aliphatic heterocycles. The first-order valence-corrected chi connectivity index (χ1v) is 12.6. The minimum Gasteiger partial charge on any atom is -0.465 e. The van der Waals surface area contributed by atoms with E-state index < -0.39 is 6.09 Å². The number of benzene rings is 1. The average molecular weight is 483 g/mol. The van der Waals surface area contributed by atoms with Crippen molar-refractivity contribution in [3.63, 3.8) is 0 Å². The van der Waals surface area contributed by atoms with Crippen molar-refractivity contribution in [3.05, 3.63) is 23.8 Å². The Morgan fingerprint density at radius 2 is 1.89 bits per heavy atom. The number of fused-ring (bicyclic) bond motifs is 1. The Hall–Kier alpha value is -3.10. The highest BCUT2D eigenvalue weighted by atomic mass is 16.4. The first-order chi connectivity index (χ1) is 16.6. The fourth-order valence-electron chi connectivity index (χ4n) is 5.29. The SMILES string of the molecule is CNC(=O)CC(CC(C)C)Nc1nc(N2CCC3(CN(C(=O)O)C3)C2)nc2cc(C(C)C)ccc12. The van der Waals surface area contributed by atoms with Crippen LogP contribution in [0.1, 0.15) is 58.4 Å². The molecule has 2 aromatic rings. The molecule has 35 heavy (non-hydrogen) atoms. The highest BCUT2D eigenvalue weighted by Gasteiger charge is 2.50. The van der Waals surface area contributed by atoms with Crippen molar-refractivity contribution in [3.8, 4) is 0 Å². The van der Waals surface area contributed by atoms with Gasteiger partial charge in [-0.15, -0.1) is 0 Å². The molecule has 0 saturated carbocycles. The number of carbonyl (C=O) groups is 2. The number of likely N-dealkylation sites (tertiary alicyclic amines) is 1. The summed E-state index contributed by atoms with van der Waals surface area (Å²) < 4.78 is 0. The minimum atomic E-state index is -0.851. The van der Waals surface area contributed by atoms with Gasteiger partial charge in [-0.05, 0) is 42.4 Å². The second-order valence-electron chi connectivity index (χ2n) is 11.0. The van der Waals surface area contributed by atoms with E-state index in [1.165, 1.54) is 10.5 Å². The molecule has 1 spiro atoms. The molecule has 1 unspecified atom stereocenters. The van der Waals surface area contributed by atoms with Crippen LogP contribution in [0.5, 0.6) is 0 Å². The topological polar surface area (TPSA) is 111 Å². The van der Waals surface area contributed by atoms with Gasteiger partial charge in [-0.25, -0.2) is 9.78 Å². The second-order valence-corrected chi connectivity index (χ2v) is 11.0. The summed E-state index contributed by atoms with van der Waals surface area (Å²) in [6.45, 7) is 11.3. The van der Waals surface area contributed by atoms with E-state index in [2.05, 4.69) is 61.4 Å². The molecule has 9 nitrogen and oxygen atoms in total. The lowest BCUT2D eigenvalue weighted by Crippen LogP contribution is -2.59. The van der Waals surface area contributed by atoms with Gasteiger partial charge in [0.25, 0.3) is 0 Å². The smallest absolute Gasteiger partial charge is 0.407 e. The van der Waals surface area contributed by atoms with Crippen LogP contribution < -0.4 is 15.5 Å². The molecule has 1 atom stereocenters. The predicted molar refractivity (Wildman–Crippen MR) is 138 cm³/mol. The van der Waals surface area contributed by atoms with Gasteiger partial charge in [0, 0.05) is 56.5 Å². The molecule has 2 aliphatic rings. The van der Waals surface area contributed by atoms with Crippen molar-refractivity contribution >= 4 is 34.7 Å². The van der Waals surface area contributed by atoms with Gasteiger partial charge < -0.3 is 25.5 Å². The molecule has 0 aliphatic carbocycles. The lowest BCUT2D eigenvalue weighted by Gasteiger charge is -2.46. The molecular weight excluding hydrogens is 444 g/mol. The zero-order valence-corrected chi connectivity index (χ0v) is 21.5. The van der Waals surface area contributed by atoms with Gasteiger partial charge in [0.2, 0.25) is 11.9 Å². The fraction of sp³-hybridized carbons (Fsp3) is 0.615. The quantitative estimate of drug-likeness (QED) is 0.523. The number of rotatable bonds is 8. The summed E-state index contributed by atoms with van der Waals surface area (Å²) >= 11 is 0. The highest BCUT2D eigenvalue weighted by molar-refractivity contribution is 5.91. The summed E-state index contributed by atoms with van der Waals surface area (Å²) in [4.78, 5) is 37.0. The Morgan fingerprint density at radius 3 is 2.51 bits per heavy atom. The maximum atomic E-state index is 12.2. The van der Waals surface area contributed by atoms with E-state index in [9.17, 15) is 14.7 Å². The van der Waals surface area contributed by atoms with Crippen LogP contribution in [-0.2, 0) is 4.79 Å². The third kappa shape index (κ3) is 5.44. The number of aromatic nitrogens is 2. The van der Waals surface area contributed by atoms with Crippen LogP contribution in [0.4, 0.5) is 16.6 Å². The van der Waals surface area contributed by atoms with Crippen LogP contribution in [0.25, 0.3) is 10.9 Å². The summed E-state index contributed by atoms with van der Waals surface area (Å²) in [6.07, 6.45) is 1.30. The summed E-state index contributed by atoms with van der Waals surface area (Å²) in [6, 6.07) is 6.28. The van der Waals surface area contributed by atoms with E-state index in [-0.39, 0.29) is 17.4 Å². The first kappa shape index (κ1) is 25.0. The van der Waals surface area contributed by atoms with Crippen molar-refractivity contribution in [1.82, 2.24) is 20.2 Å². The number of nitrogens with zero attached hydrogens (tertiary/aromatic N) is 4. The third-order valence-electron chi connectivity index (χ3n) is 7.23. The molecule has 9 heteroatoms. The Bertz CT molecular complexity index is 1100. The molecule has 2 fully saturated rings. The van der Waals surface area contributed by atoms with Crippen molar-refractivity contribution in [2.45, 2.75) is 58.9 Å². The molecule has 190 valence electrons. The zero-order chi connectivity index (χ0) is 25.3. The summed E-state index contributed by atoms with van der Waals surface area (Å²) in [5, 5.41) is 16.5. The largest absolute Gasteiger partial charge is 0.465 e. The number of hydrogen-bond donors (Lipinski definition) is 3. The van der Waals surface area contributed by atoms with Crippen molar-refractivity contribution in [2.24, 2.45) is 11.3 Å². The third-order valence-corrected chi connectivity index (χ3v) is 7.23. The minimum absolute atomic E-state index is 0.00159. The van der Waals surface area contributed by atoms with Gasteiger partial charge in [-0.1, -0.05) is 33.8 Å². The zero-order valence-electron chi connectivity index (χ0n) is 21.5. The molecule has 2 amide bonds. The Labute approximate surface area is 207 Å². The van der Waals surface area contributed by atoms with Crippen LogP contribution >= 0.6 is 0 Å². The maximum absolute atomic E-state index is 12.2. The lowest BCUT2D eigenvalue weighted by molar-refractivity contribution is -0.120. The van der Waals surface area contributed by atoms with Crippen LogP contribution in [-0.4, -0.2) is 71.2 Å². The van der Waals surface area contributed by atoms with Crippen molar-refractivity contribution in [2.75, 3.05) is 43.4 Å². The molecule has 0 bridgehead atoms. The number of carboxylic acid groups (broad SMARTS) is 1. The highest BCUT2D eigenvalue weighted by Crippen LogP contribution is 2.41. The Kier molecular flexibility index (Phi) is 7.05. The van der Waals surface area contributed by atoms with Crippen molar-refractivity contribution in [1.29, 1.82) is 0 Å². The summed E-state index contributed by atoms with van der Waals surface area (Å²) in [7, 11) is 1.66. The van der Waals surface area contributed by atoms with Gasteiger partial charge in [0.1, 0.15) is 5.82 Å². The van der Waals surface area contributed by atoms with Gasteiger partial charge >= 0.3 is 6.09 Å². The van der Waals surface area contributed by atoms with Crippen LogP contribution in [0.2, 0.25) is 0 Å². The standard InChI is InChI=1S/C26H38N6O3/c1-16(2)10-19(12-22(33)27-5)28-23-20-7-6-18(17(3)4)11-21(20)29-24(30-23)31-9-8-26(13-31)14-32(15-26)25(34)35/h6-7,11,16-17,19H,8-10,12-15H2,1-5H3,(H,27,33)(H,34,35)(H,28,29,30). The van der Waals surface area contributed by atoms with E-state index >= 15 is 0 Å². The number of amides is 2. The monoisotopic (exact) mass is 482 g/mol. The molecular formula is C26H38N6O3. The van der Waals surface area contributed by atoms with E-state index in [0.717, 1.165) is 42.7 Å². The molecule has 2 saturated heterocycles. The molecule has 1 aromatic heterocycles. The van der Waals surface area contributed by atoms with E-state index in [0.29, 0.717) is 37.3 Å². The molecule has 1 aromatic carbocycles. The van der Waals surface area contributed by atoms with Gasteiger partial charge in [-0.2, -0.15) is 4.98 Å². The van der Waals surface area contributed by atoms with Crippen LogP contribution in [0.15, 0.2) is 18.2 Å².